The van der Waals surface area contributed by atoms with Crippen molar-refractivity contribution in [2.75, 3.05) is 6.61 Å². The minimum absolute atomic E-state index is 0.245. The van der Waals surface area contributed by atoms with Gasteiger partial charge in [0.2, 0.25) is 0 Å². The van der Waals surface area contributed by atoms with Gasteiger partial charge in [0.25, 0.3) is 0 Å². The number of hydrogen-bond donors (Lipinski definition) is 0. The van der Waals surface area contributed by atoms with E-state index in [1.165, 1.54) is 0 Å². The SMILES string of the molecule is CCOC(=O)C1(C)CC=CC=N1. The quantitative estimate of drug-likeness (QED) is 0.582. The van der Waals surface area contributed by atoms with E-state index in [0.29, 0.717) is 13.0 Å². The number of aliphatic imine (C=N–C) groups is 1. The van der Waals surface area contributed by atoms with Crippen molar-refractivity contribution >= 4 is 12.2 Å². The highest BCUT2D eigenvalue weighted by Gasteiger charge is 2.33. The zero-order chi connectivity index (χ0) is 9.03. The highest BCUT2D eigenvalue weighted by Crippen LogP contribution is 2.20. The van der Waals surface area contributed by atoms with Gasteiger partial charge < -0.3 is 4.74 Å². The van der Waals surface area contributed by atoms with Gasteiger partial charge in [-0.25, -0.2) is 4.79 Å². The molecule has 12 heavy (non-hydrogen) atoms. The number of carbonyl (C=O) groups is 1. The first kappa shape index (κ1) is 8.97. The average Bonchev–Trinajstić information content (AvgIpc) is 2.06. The Morgan fingerprint density at radius 1 is 1.75 bits per heavy atom. The minimum Gasteiger partial charge on any atom is -0.464 e. The van der Waals surface area contributed by atoms with E-state index in [1.54, 1.807) is 20.1 Å². The maximum atomic E-state index is 11.4. The largest absolute Gasteiger partial charge is 0.464 e. The van der Waals surface area contributed by atoms with Crippen LogP contribution in [-0.2, 0) is 9.53 Å². The molecule has 3 heteroatoms. The maximum Gasteiger partial charge on any atom is 0.334 e. The summed E-state index contributed by atoms with van der Waals surface area (Å²) in [6.45, 7) is 3.99. The molecule has 0 radical (unpaired) electrons. The fraction of sp³-hybridized carbons (Fsp3) is 0.556. The summed E-state index contributed by atoms with van der Waals surface area (Å²) in [7, 11) is 0. The molecule has 0 N–H and O–H groups in total. The van der Waals surface area contributed by atoms with E-state index < -0.39 is 5.54 Å². The Balaban J connectivity index is 2.65. The minimum atomic E-state index is -0.690. The fourth-order valence-corrected chi connectivity index (χ4v) is 1.04. The summed E-state index contributed by atoms with van der Waals surface area (Å²) in [5.41, 5.74) is -0.690. The third-order valence-corrected chi connectivity index (χ3v) is 1.81. The first-order chi connectivity index (χ1) is 5.69. The van der Waals surface area contributed by atoms with Gasteiger partial charge in [-0.15, -0.1) is 0 Å². The molecule has 1 aliphatic rings. The van der Waals surface area contributed by atoms with E-state index in [2.05, 4.69) is 4.99 Å². The summed E-state index contributed by atoms with van der Waals surface area (Å²) in [5, 5.41) is 0. The molecule has 1 heterocycles. The van der Waals surface area contributed by atoms with Crippen LogP contribution in [0.4, 0.5) is 0 Å². The first-order valence-corrected chi connectivity index (χ1v) is 4.06. The summed E-state index contributed by atoms with van der Waals surface area (Å²) >= 11 is 0. The maximum absolute atomic E-state index is 11.4. The lowest BCUT2D eigenvalue weighted by atomic mass is 9.97. The highest BCUT2D eigenvalue weighted by molar-refractivity contribution is 5.85. The van der Waals surface area contributed by atoms with E-state index >= 15 is 0 Å². The van der Waals surface area contributed by atoms with Crippen molar-refractivity contribution in [2.24, 2.45) is 4.99 Å². The van der Waals surface area contributed by atoms with Gasteiger partial charge in [0, 0.05) is 12.6 Å². The molecule has 0 aromatic rings. The number of nitrogens with zero attached hydrogens (tertiary/aromatic N) is 1. The van der Waals surface area contributed by atoms with Crippen LogP contribution in [0.15, 0.2) is 17.1 Å². The van der Waals surface area contributed by atoms with Crippen LogP contribution in [0.25, 0.3) is 0 Å². The molecule has 0 fully saturated rings. The Bertz CT molecular complexity index is 233. The summed E-state index contributed by atoms with van der Waals surface area (Å²) in [6, 6.07) is 0. The molecule has 0 saturated carbocycles. The lowest BCUT2D eigenvalue weighted by Crippen LogP contribution is -2.35. The standard InChI is InChI=1S/C9H13NO2/c1-3-12-8(11)9(2)6-4-5-7-10-9/h4-5,7H,3,6H2,1-2H3. The van der Waals surface area contributed by atoms with Gasteiger partial charge >= 0.3 is 5.97 Å². The molecule has 0 aromatic carbocycles. The van der Waals surface area contributed by atoms with Crippen LogP contribution >= 0.6 is 0 Å². The van der Waals surface area contributed by atoms with E-state index in [0.717, 1.165) is 0 Å². The number of carbonyl (C=O) groups excluding carboxylic acids is 1. The second kappa shape index (κ2) is 3.52. The van der Waals surface area contributed by atoms with Crippen LogP contribution < -0.4 is 0 Å². The van der Waals surface area contributed by atoms with Crippen molar-refractivity contribution in [1.82, 2.24) is 0 Å². The number of allylic oxidation sites excluding steroid dienone is 1. The van der Waals surface area contributed by atoms with Crippen LogP contribution in [-0.4, -0.2) is 24.3 Å². The van der Waals surface area contributed by atoms with Gasteiger partial charge in [-0.3, -0.25) is 4.99 Å². The molecule has 3 nitrogen and oxygen atoms in total. The van der Waals surface area contributed by atoms with Crippen LogP contribution in [0.5, 0.6) is 0 Å². The Morgan fingerprint density at radius 3 is 3.00 bits per heavy atom. The molecule has 1 atom stereocenters. The summed E-state index contributed by atoms with van der Waals surface area (Å²) in [4.78, 5) is 15.4. The molecule has 1 unspecified atom stereocenters. The van der Waals surface area contributed by atoms with E-state index in [4.69, 9.17) is 4.74 Å². The van der Waals surface area contributed by atoms with Gasteiger partial charge in [-0.1, -0.05) is 6.08 Å². The van der Waals surface area contributed by atoms with Crippen LogP contribution in [0, 0.1) is 0 Å². The topological polar surface area (TPSA) is 38.7 Å². The lowest BCUT2D eigenvalue weighted by Gasteiger charge is -2.22. The Morgan fingerprint density at radius 2 is 2.50 bits per heavy atom. The normalized spacial score (nSPS) is 27.2. The molecule has 1 rings (SSSR count). The Labute approximate surface area is 72.1 Å². The molecule has 0 saturated heterocycles. The average molecular weight is 167 g/mol. The highest BCUT2D eigenvalue weighted by atomic mass is 16.5. The molecule has 1 aliphatic heterocycles. The smallest absolute Gasteiger partial charge is 0.334 e. The Kier molecular flexibility index (Phi) is 2.63. The monoisotopic (exact) mass is 167 g/mol. The first-order valence-electron chi connectivity index (χ1n) is 4.06. The summed E-state index contributed by atoms with van der Waals surface area (Å²) < 4.78 is 4.90. The zero-order valence-corrected chi connectivity index (χ0v) is 7.41. The molecule has 0 aliphatic carbocycles. The van der Waals surface area contributed by atoms with Crippen molar-refractivity contribution in [3.8, 4) is 0 Å². The molecule has 66 valence electrons. The van der Waals surface area contributed by atoms with Crippen molar-refractivity contribution in [3.63, 3.8) is 0 Å². The van der Waals surface area contributed by atoms with Crippen LogP contribution in [0.1, 0.15) is 20.3 Å². The Hall–Kier alpha value is -1.12. The van der Waals surface area contributed by atoms with Gasteiger partial charge in [0.15, 0.2) is 5.54 Å². The number of ether oxygens (including phenoxy) is 1. The molecule has 0 amide bonds. The number of hydrogen-bond acceptors (Lipinski definition) is 3. The van der Waals surface area contributed by atoms with E-state index in [1.807, 2.05) is 12.2 Å². The zero-order valence-electron chi connectivity index (χ0n) is 7.41. The summed E-state index contributed by atoms with van der Waals surface area (Å²) in [6.07, 6.45) is 6.02. The molecule has 0 bridgehead atoms. The summed E-state index contributed by atoms with van der Waals surface area (Å²) in [5.74, 6) is -0.245. The second-order valence-corrected chi connectivity index (χ2v) is 2.90. The van der Waals surface area contributed by atoms with Crippen molar-refractivity contribution in [2.45, 2.75) is 25.8 Å². The number of rotatable bonds is 2. The van der Waals surface area contributed by atoms with E-state index in [9.17, 15) is 4.79 Å². The van der Waals surface area contributed by atoms with Crippen molar-refractivity contribution in [3.05, 3.63) is 12.2 Å². The molecular weight excluding hydrogens is 154 g/mol. The van der Waals surface area contributed by atoms with Crippen molar-refractivity contribution < 1.29 is 9.53 Å². The van der Waals surface area contributed by atoms with Gasteiger partial charge in [0.05, 0.1) is 6.61 Å². The van der Waals surface area contributed by atoms with Gasteiger partial charge in [-0.05, 0) is 19.9 Å². The second-order valence-electron chi connectivity index (χ2n) is 2.90. The molecule has 0 spiro atoms. The van der Waals surface area contributed by atoms with E-state index in [-0.39, 0.29) is 5.97 Å². The number of dihydropyridines is 1. The van der Waals surface area contributed by atoms with Crippen LogP contribution in [0.3, 0.4) is 0 Å². The predicted octanol–water partition coefficient (Wildman–Crippen LogP) is 1.34. The molecular formula is C9H13NO2. The third kappa shape index (κ3) is 1.72. The van der Waals surface area contributed by atoms with Gasteiger partial charge in [0.1, 0.15) is 0 Å². The fourth-order valence-electron chi connectivity index (χ4n) is 1.04. The third-order valence-electron chi connectivity index (χ3n) is 1.81. The lowest BCUT2D eigenvalue weighted by molar-refractivity contribution is -0.148. The predicted molar refractivity (Wildman–Crippen MR) is 47.3 cm³/mol. The van der Waals surface area contributed by atoms with Crippen molar-refractivity contribution in [1.29, 1.82) is 0 Å². The number of esters is 1. The van der Waals surface area contributed by atoms with Crippen LogP contribution in [0.2, 0.25) is 0 Å². The van der Waals surface area contributed by atoms with Gasteiger partial charge in [-0.2, -0.15) is 0 Å². The molecule has 0 aromatic heterocycles.